The van der Waals surface area contributed by atoms with Crippen molar-refractivity contribution in [1.82, 2.24) is 0 Å². The molecule has 1 fully saturated rings. The maximum Gasteiger partial charge on any atom is 0.305 e. The fraction of sp³-hybridized carbons (Fsp3) is 0.500. The van der Waals surface area contributed by atoms with Crippen molar-refractivity contribution in [3.8, 4) is 16.9 Å². The van der Waals surface area contributed by atoms with E-state index in [1.165, 1.54) is 18.9 Å². The Morgan fingerprint density at radius 3 is 2.32 bits per heavy atom. The fourth-order valence-corrected chi connectivity index (χ4v) is 4.32. The number of benzene rings is 2. The van der Waals surface area contributed by atoms with E-state index in [0.717, 1.165) is 35.8 Å². The van der Waals surface area contributed by atoms with Gasteiger partial charge in [-0.05, 0) is 72.9 Å². The third-order valence-corrected chi connectivity index (χ3v) is 6.42. The third kappa shape index (κ3) is 6.22. The molecule has 1 N–H and O–H groups in total. The van der Waals surface area contributed by atoms with E-state index >= 15 is 0 Å². The fourth-order valence-electron chi connectivity index (χ4n) is 4.32. The predicted molar refractivity (Wildman–Crippen MR) is 123 cm³/mol. The SMILES string of the molecule is CN(CCC(=O)O)c1ccc(F)c(-c2ccc(OC3CCC(C(C)(C)C)CC3)cc2)c1. The summed E-state index contributed by atoms with van der Waals surface area (Å²) in [4.78, 5) is 12.6. The van der Waals surface area contributed by atoms with Crippen LogP contribution in [0.15, 0.2) is 42.5 Å². The zero-order valence-corrected chi connectivity index (χ0v) is 19.0. The lowest BCUT2D eigenvalue weighted by Crippen LogP contribution is -2.30. The zero-order chi connectivity index (χ0) is 22.6. The van der Waals surface area contributed by atoms with Crippen molar-refractivity contribution in [3.05, 3.63) is 48.3 Å². The van der Waals surface area contributed by atoms with Crippen molar-refractivity contribution < 1.29 is 19.0 Å². The molecule has 0 bridgehead atoms. The molecule has 0 radical (unpaired) electrons. The summed E-state index contributed by atoms with van der Waals surface area (Å²) in [5.74, 6) is 0.415. The van der Waals surface area contributed by atoms with Crippen LogP contribution in [-0.2, 0) is 4.79 Å². The average Bonchev–Trinajstić information content (AvgIpc) is 2.73. The molecule has 0 atom stereocenters. The van der Waals surface area contributed by atoms with Crippen molar-refractivity contribution in [2.24, 2.45) is 11.3 Å². The minimum Gasteiger partial charge on any atom is -0.490 e. The van der Waals surface area contributed by atoms with E-state index in [9.17, 15) is 9.18 Å². The van der Waals surface area contributed by atoms with Gasteiger partial charge in [0.1, 0.15) is 11.6 Å². The summed E-state index contributed by atoms with van der Waals surface area (Å²) in [7, 11) is 1.81. The number of carboxylic acid groups (broad SMARTS) is 1. The molecular formula is C26H34FNO3. The molecule has 1 saturated carbocycles. The van der Waals surface area contributed by atoms with Gasteiger partial charge in [-0.2, -0.15) is 0 Å². The van der Waals surface area contributed by atoms with Gasteiger partial charge in [-0.25, -0.2) is 4.39 Å². The second kappa shape index (κ2) is 9.71. The number of rotatable bonds is 7. The number of hydrogen-bond acceptors (Lipinski definition) is 3. The summed E-state index contributed by atoms with van der Waals surface area (Å²) in [5, 5.41) is 8.88. The molecule has 1 aliphatic rings. The Morgan fingerprint density at radius 2 is 1.74 bits per heavy atom. The summed E-state index contributed by atoms with van der Waals surface area (Å²) in [6.45, 7) is 7.31. The van der Waals surface area contributed by atoms with E-state index in [2.05, 4.69) is 20.8 Å². The molecule has 2 aromatic carbocycles. The minimum absolute atomic E-state index is 0.0346. The number of nitrogens with zero attached hydrogens (tertiary/aromatic N) is 1. The van der Waals surface area contributed by atoms with Crippen LogP contribution in [0.2, 0.25) is 0 Å². The molecular weight excluding hydrogens is 393 g/mol. The highest BCUT2D eigenvalue weighted by Crippen LogP contribution is 2.39. The molecule has 0 aliphatic heterocycles. The molecule has 1 aliphatic carbocycles. The molecule has 5 heteroatoms. The van der Waals surface area contributed by atoms with Crippen molar-refractivity contribution in [3.63, 3.8) is 0 Å². The molecule has 4 nitrogen and oxygen atoms in total. The summed E-state index contributed by atoms with van der Waals surface area (Å²) in [6.07, 6.45) is 4.81. The number of carboxylic acids is 1. The normalized spacial score (nSPS) is 19.1. The van der Waals surface area contributed by atoms with Crippen LogP contribution < -0.4 is 9.64 Å². The number of halogens is 1. The summed E-state index contributed by atoms with van der Waals surface area (Å²) < 4.78 is 20.7. The Balaban J connectivity index is 1.65. The highest BCUT2D eigenvalue weighted by atomic mass is 19.1. The van der Waals surface area contributed by atoms with E-state index < -0.39 is 5.97 Å². The molecule has 0 amide bonds. The lowest BCUT2D eigenvalue weighted by Gasteiger charge is -2.36. The summed E-state index contributed by atoms with van der Waals surface area (Å²) in [6, 6.07) is 12.5. The molecule has 0 spiro atoms. The second-order valence-electron chi connectivity index (χ2n) is 9.71. The van der Waals surface area contributed by atoms with Crippen LogP contribution in [0.5, 0.6) is 5.75 Å². The van der Waals surface area contributed by atoms with Crippen LogP contribution in [0.25, 0.3) is 11.1 Å². The molecule has 3 rings (SSSR count). The van der Waals surface area contributed by atoms with Crippen molar-refractivity contribution >= 4 is 11.7 Å². The standard InChI is InChI=1S/C26H34FNO3/c1-26(2,3)19-7-12-22(13-8-19)31-21-10-5-18(6-11-21)23-17-20(9-14-24(23)27)28(4)16-15-25(29)30/h5-6,9-11,14,17,19,22H,7-8,12-13,15-16H2,1-4H3,(H,29,30). The predicted octanol–water partition coefficient (Wildman–Crippen LogP) is 6.39. The monoisotopic (exact) mass is 427 g/mol. The quantitative estimate of drug-likeness (QED) is 0.556. The molecule has 168 valence electrons. The summed E-state index contributed by atoms with van der Waals surface area (Å²) >= 11 is 0. The first-order valence-electron chi connectivity index (χ1n) is 11.1. The van der Waals surface area contributed by atoms with E-state index in [0.29, 0.717) is 17.5 Å². The zero-order valence-electron chi connectivity index (χ0n) is 19.0. The smallest absolute Gasteiger partial charge is 0.305 e. The average molecular weight is 428 g/mol. The Labute approximate surface area is 185 Å². The highest BCUT2D eigenvalue weighted by molar-refractivity contribution is 5.71. The van der Waals surface area contributed by atoms with Crippen LogP contribution >= 0.6 is 0 Å². The lowest BCUT2D eigenvalue weighted by atomic mass is 9.72. The number of anilines is 1. The molecule has 0 unspecified atom stereocenters. The van der Waals surface area contributed by atoms with E-state index in [1.807, 2.05) is 36.2 Å². The molecule has 0 aromatic heterocycles. The van der Waals surface area contributed by atoms with Gasteiger partial charge >= 0.3 is 5.97 Å². The molecule has 0 saturated heterocycles. The molecule has 31 heavy (non-hydrogen) atoms. The Bertz CT molecular complexity index is 881. The van der Waals surface area contributed by atoms with Gasteiger partial charge in [0.25, 0.3) is 0 Å². The van der Waals surface area contributed by atoms with E-state index in [4.69, 9.17) is 9.84 Å². The maximum atomic E-state index is 14.5. The van der Waals surface area contributed by atoms with Gasteiger partial charge in [0, 0.05) is 24.8 Å². The van der Waals surface area contributed by atoms with Crippen LogP contribution in [0.1, 0.15) is 52.9 Å². The number of ether oxygens (including phenoxy) is 1. The van der Waals surface area contributed by atoms with Gasteiger partial charge < -0.3 is 14.7 Å². The summed E-state index contributed by atoms with van der Waals surface area (Å²) in [5.41, 5.74) is 2.41. The Morgan fingerprint density at radius 1 is 1.10 bits per heavy atom. The molecule has 0 heterocycles. The van der Waals surface area contributed by atoms with Gasteiger partial charge in [-0.1, -0.05) is 32.9 Å². The van der Waals surface area contributed by atoms with Crippen molar-refractivity contribution in [2.45, 2.75) is 59.0 Å². The first-order valence-corrected chi connectivity index (χ1v) is 11.1. The second-order valence-corrected chi connectivity index (χ2v) is 9.71. The highest BCUT2D eigenvalue weighted by Gasteiger charge is 2.30. The van der Waals surface area contributed by atoms with Crippen LogP contribution in [-0.4, -0.2) is 30.8 Å². The third-order valence-electron chi connectivity index (χ3n) is 6.42. The Kier molecular flexibility index (Phi) is 7.24. The van der Waals surface area contributed by atoms with Crippen molar-refractivity contribution in [1.29, 1.82) is 0 Å². The first kappa shape index (κ1) is 23.1. The lowest BCUT2D eigenvalue weighted by molar-refractivity contribution is -0.136. The minimum atomic E-state index is -0.850. The molecule has 2 aromatic rings. The van der Waals surface area contributed by atoms with Crippen molar-refractivity contribution in [2.75, 3.05) is 18.5 Å². The van der Waals surface area contributed by atoms with Gasteiger partial charge in [0.15, 0.2) is 0 Å². The number of hydrogen-bond donors (Lipinski definition) is 1. The number of carbonyl (C=O) groups is 1. The largest absolute Gasteiger partial charge is 0.490 e. The van der Waals surface area contributed by atoms with Crippen LogP contribution in [0.3, 0.4) is 0 Å². The topological polar surface area (TPSA) is 49.8 Å². The van der Waals surface area contributed by atoms with Crippen LogP contribution in [0, 0.1) is 17.2 Å². The van der Waals surface area contributed by atoms with Gasteiger partial charge in [-0.3, -0.25) is 4.79 Å². The first-order chi connectivity index (χ1) is 14.6. The van der Waals surface area contributed by atoms with Gasteiger partial charge in [0.05, 0.1) is 12.5 Å². The van der Waals surface area contributed by atoms with E-state index in [-0.39, 0.29) is 18.3 Å². The van der Waals surface area contributed by atoms with E-state index in [1.54, 1.807) is 12.1 Å². The van der Waals surface area contributed by atoms with Gasteiger partial charge in [-0.15, -0.1) is 0 Å². The van der Waals surface area contributed by atoms with Crippen LogP contribution in [0.4, 0.5) is 10.1 Å². The number of aliphatic carboxylic acids is 1. The maximum absolute atomic E-state index is 14.5. The Hall–Kier alpha value is -2.56. The van der Waals surface area contributed by atoms with Gasteiger partial charge in [0.2, 0.25) is 0 Å².